The van der Waals surface area contributed by atoms with Crippen molar-refractivity contribution in [2.24, 2.45) is 22.7 Å². The van der Waals surface area contributed by atoms with Crippen molar-refractivity contribution in [3.63, 3.8) is 0 Å². The average Bonchev–Trinajstić information content (AvgIpc) is 3.25. The maximum atomic E-state index is 13.2. The molecule has 1 saturated heterocycles. The van der Waals surface area contributed by atoms with E-state index in [1.807, 2.05) is 51.1 Å². The van der Waals surface area contributed by atoms with Crippen LogP contribution < -0.4 is 0 Å². The molecule has 0 radical (unpaired) electrons. The van der Waals surface area contributed by atoms with E-state index in [-0.39, 0.29) is 25.4 Å². The van der Waals surface area contributed by atoms with Gasteiger partial charge in [-0.1, -0.05) is 51.1 Å². The molecule has 8 atom stereocenters. The lowest BCUT2D eigenvalue weighted by atomic mass is 9.47. The zero-order chi connectivity index (χ0) is 31.2. The Morgan fingerprint density at radius 3 is 2.37 bits per heavy atom. The van der Waals surface area contributed by atoms with Gasteiger partial charge in [-0.05, 0) is 37.3 Å². The summed E-state index contributed by atoms with van der Waals surface area (Å²) in [6.45, 7) is 11.2. The summed E-state index contributed by atoms with van der Waals surface area (Å²) in [6, 6.07) is 9.96. The number of benzene rings is 1. The van der Waals surface area contributed by atoms with Crippen LogP contribution in [0.2, 0.25) is 0 Å². The Bertz CT molecular complexity index is 1260. The zero-order valence-corrected chi connectivity index (χ0v) is 26.2. The van der Waals surface area contributed by atoms with Crippen LogP contribution in [0.15, 0.2) is 41.7 Å². The molecule has 1 heterocycles. The minimum Gasteiger partial charge on any atom is -0.462 e. The van der Waals surface area contributed by atoms with Gasteiger partial charge < -0.3 is 33.2 Å². The second-order valence-corrected chi connectivity index (χ2v) is 13.2. The summed E-state index contributed by atoms with van der Waals surface area (Å²) in [5.41, 5.74) is -0.908. The monoisotopic (exact) mass is 600 g/mol. The fraction of sp³-hybridized carbons (Fsp3) is 0.667. The van der Waals surface area contributed by atoms with Crippen molar-refractivity contribution in [2.45, 2.75) is 104 Å². The highest BCUT2D eigenvalue weighted by Crippen LogP contribution is 2.65. The summed E-state index contributed by atoms with van der Waals surface area (Å²) in [6.07, 6.45) is -1.04. The molecule has 1 aromatic rings. The van der Waals surface area contributed by atoms with Crippen LogP contribution in [0.5, 0.6) is 0 Å². The molecule has 2 saturated carbocycles. The van der Waals surface area contributed by atoms with Crippen molar-refractivity contribution in [1.82, 2.24) is 0 Å². The summed E-state index contributed by atoms with van der Waals surface area (Å²) in [4.78, 5) is 38.2. The van der Waals surface area contributed by atoms with Gasteiger partial charge in [0.25, 0.3) is 0 Å². The van der Waals surface area contributed by atoms with Gasteiger partial charge in [-0.15, -0.1) is 0 Å². The Kier molecular flexibility index (Phi) is 8.68. The first-order valence-corrected chi connectivity index (χ1v) is 15.0. The van der Waals surface area contributed by atoms with Crippen LogP contribution in [0, 0.1) is 22.7 Å². The predicted molar refractivity (Wildman–Crippen MR) is 153 cm³/mol. The third-order valence-electron chi connectivity index (χ3n) is 10.4. The third kappa shape index (κ3) is 5.46. The van der Waals surface area contributed by atoms with Gasteiger partial charge in [0.15, 0.2) is 11.7 Å². The molecule has 3 aliphatic carbocycles. The molecule has 4 aliphatic rings. The molecule has 1 spiro atoms. The van der Waals surface area contributed by atoms with Crippen LogP contribution in [0.25, 0.3) is 0 Å². The summed E-state index contributed by atoms with van der Waals surface area (Å²) < 4.78 is 42.7. The van der Waals surface area contributed by atoms with E-state index in [1.54, 1.807) is 7.11 Å². The van der Waals surface area contributed by atoms with E-state index in [1.165, 1.54) is 13.8 Å². The maximum Gasteiger partial charge on any atom is 0.509 e. The van der Waals surface area contributed by atoms with Crippen molar-refractivity contribution in [1.29, 1.82) is 0 Å². The molecule has 3 fully saturated rings. The molecule has 2 bridgehead atoms. The highest BCUT2D eigenvalue weighted by atomic mass is 16.8. The van der Waals surface area contributed by atoms with E-state index >= 15 is 0 Å². The Morgan fingerprint density at radius 1 is 1.00 bits per heavy atom. The molecule has 1 aromatic carbocycles. The number of carbonyl (C=O) groups excluding carboxylic acids is 3. The fourth-order valence-electron chi connectivity index (χ4n) is 8.58. The number of methoxy groups -OCH3 is 1. The van der Waals surface area contributed by atoms with Gasteiger partial charge in [0.05, 0.1) is 25.2 Å². The van der Waals surface area contributed by atoms with Gasteiger partial charge in [0.1, 0.15) is 18.7 Å². The number of carbonyl (C=O) groups is 3. The van der Waals surface area contributed by atoms with E-state index in [9.17, 15) is 14.4 Å². The first kappa shape index (κ1) is 31.5. The normalized spacial score (nSPS) is 36.3. The smallest absolute Gasteiger partial charge is 0.462 e. The van der Waals surface area contributed by atoms with Crippen molar-refractivity contribution >= 4 is 18.1 Å². The molecule has 0 amide bonds. The SMILES string of the molecule is COCO[C@H]1CC[C@H](OCc2ccccc2)[C@@]2(C)CC(OC(C)=O)C3C(C)=C(OC(C)=O)C[C@]4(OC(=O)O[C@H]4[C@H]12)C3(C)C. The summed E-state index contributed by atoms with van der Waals surface area (Å²) in [5.74, 6) is -1.39. The van der Waals surface area contributed by atoms with Crippen LogP contribution in [0.3, 0.4) is 0 Å². The fourth-order valence-corrected chi connectivity index (χ4v) is 8.58. The molecule has 2 unspecified atom stereocenters. The maximum absolute atomic E-state index is 13.2. The van der Waals surface area contributed by atoms with Gasteiger partial charge in [0, 0.05) is 43.6 Å². The number of ether oxygens (including phenoxy) is 7. The number of esters is 2. The highest BCUT2D eigenvalue weighted by molar-refractivity contribution is 5.69. The van der Waals surface area contributed by atoms with E-state index in [0.29, 0.717) is 31.6 Å². The van der Waals surface area contributed by atoms with Gasteiger partial charge in [0.2, 0.25) is 0 Å². The Labute approximate surface area is 253 Å². The van der Waals surface area contributed by atoms with E-state index in [4.69, 9.17) is 33.2 Å². The van der Waals surface area contributed by atoms with Gasteiger partial charge in [-0.25, -0.2) is 4.79 Å². The van der Waals surface area contributed by atoms with Crippen LogP contribution in [0.4, 0.5) is 4.79 Å². The molecule has 10 heteroatoms. The third-order valence-corrected chi connectivity index (χ3v) is 10.4. The second kappa shape index (κ2) is 11.9. The van der Waals surface area contributed by atoms with E-state index < -0.39 is 58.6 Å². The highest BCUT2D eigenvalue weighted by Gasteiger charge is 2.74. The van der Waals surface area contributed by atoms with Crippen LogP contribution >= 0.6 is 0 Å². The molecule has 236 valence electrons. The van der Waals surface area contributed by atoms with Gasteiger partial charge >= 0.3 is 18.1 Å². The van der Waals surface area contributed by atoms with E-state index in [0.717, 1.165) is 11.1 Å². The Hall–Kier alpha value is -2.95. The first-order chi connectivity index (χ1) is 20.3. The molecular formula is C33H44O10. The van der Waals surface area contributed by atoms with Crippen LogP contribution in [0.1, 0.15) is 72.8 Å². The Morgan fingerprint density at radius 2 is 1.72 bits per heavy atom. The van der Waals surface area contributed by atoms with Gasteiger partial charge in [-0.3, -0.25) is 9.59 Å². The number of hydrogen-bond acceptors (Lipinski definition) is 10. The minimum atomic E-state index is -1.25. The quantitative estimate of drug-likeness (QED) is 0.216. The topological polar surface area (TPSA) is 116 Å². The Balaban J connectivity index is 1.69. The van der Waals surface area contributed by atoms with Crippen molar-refractivity contribution < 1.29 is 47.5 Å². The lowest BCUT2D eigenvalue weighted by molar-refractivity contribution is -0.248. The van der Waals surface area contributed by atoms with Crippen molar-refractivity contribution in [3.05, 3.63) is 47.2 Å². The molecule has 43 heavy (non-hydrogen) atoms. The first-order valence-electron chi connectivity index (χ1n) is 15.0. The minimum absolute atomic E-state index is 0.0540. The molecule has 0 N–H and O–H groups in total. The number of fused-ring (bicyclic) bond motifs is 3. The largest absolute Gasteiger partial charge is 0.509 e. The summed E-state index contributed by atoms with van der Waals surface area (Å²) in [5, 5.41) is 0. The molecule has 5 rings (SSSR count). The summed E-state index contributed by atoms with van der Waals surface area (Å²) in [7, 11) is 1.57. The summed E-state index contributed by atoms with van der Waals surface area (Å²) >= 11 is 0. The zero-order valence-electron chi connectivity index (χ0n) is 26.2. The molecule has 1 aliphatic heterocycles. The lowest BCUT2D eigenvalue weighted by Gasteiger charge is -2.62. The predicted octanol–water partition coefficient (Wildman–Crippen LogP) is 5.47. The average molecular weight is 601 g/mol. The molecule has 10 nitrogen and oxygen atoms in total. The van der Waals surface area contributed by atoms with Crippen LogP contribution in [-0.4, -0.2) is 62.0 Å². The van der Waals surface area contributed by atoms with E-state index in [2.05, 4.69) is 6.92 Å². The number of hydrogen-bond donors (Lipinski definition) is 0. The molecule has 0 aromatic heterocycles. The lowest BCUT2D eigenvalue weighted by Crippen LogP contribution is -2.69. The van der Waals surface area contributed by atoms with Crippen LogP contribution in [-0.2, 0) is 49.4 Å². The standard InChI is InChI=1S/C33H44O10/c1-19-24(40-20(2)34)16-33-29(42-30(36)43-33)28-23(39-18-37-7)13-14-26(38-17-22-11-9-8-10-12-22)32(28,6)15-25(41-21(3)35)27(19)31(33,4)5/h8-12,23,25-29H,13-18H2,1-7H3/t23-,25?,26-,27?,28-,29-,32+,33+/m0/s1. The van der Waals surface area contributed by atoms with Gasteiger partial charge in [-0.2, -0.15) is 0 Å². The van der Waals surface area contributed by atoms with Crippen molar-refractivity contribution in [3.8, 4) is 0 Å². The van der Waals surface area contributed by atoms with Crippen molar-refractivity contribution in [2.75, 3.05) is 13.9 Å². The second-order valence-electron chi connectivity index (χ2n) is 13.2. The molecular weight excluding hydrogens is 556 g/mol. The number of rotatable bonds is 8.